The Hall–Kier alpha value is -1.60. The Morgan fingerprint density at radius 3 is 3.00 bits per heavy atom. The lowest BCUT2D eigenvalue weighted by Gasteiger charge is -2.18. The first kappa shape index (κ1) is 13.8. The Balaban J connectivity index is 2.17. The molecule has 0 aliphatic heterocycles. The Morgan fingerprint density at radius 1 is 1.58 bits per heavy atom. The lowest BCUT2D eigenvalue weighted by Crippen LogP contribution is -2.19. The highest BCUT2D eigenvalue weighted by Gasteiger charge is 2.07. The minimum Gasteiger partial charge on any atom is -0.409 e. The molecule has 3 N–H and O–H groups in total. The maximum Gasteiger partial charge on any atom is 0.188 e. The highest BCUT2D eigenvalue weighted by Crippen LogP contribution is 2.23. The van der Waals surface area contributed by atoms with Gasteiger partial charge in [0, 0.05) is 25.5 Å². The van der Waals surface area contributed by atoms with Crippen LogP contribution in [0, 0.1) is 0 Å². The predicted molar refractivity (Wildman–Crippen MR) is 80.9 cm³/mol. The molecule has 0 spiro atoms. The van der Waals surface area contributed by atoms with Crippen molar-refractivity contribution in [3.63, 3.8) is 0 Å². The van der Waals surface area contributed by atoms with E-state index in [2.05, 4.69) is 42.4 Å². The molecule has 5 nitrogen and oxygen atoms in total. The molecule has 0 radical (unpaired) electrons. The molecule has 2 heterocycles. The number of nitrogens with two attached hydrogens (primary N) is 1. The monoisotopic (exact) mass is 340 g/mol. The van der Waals surface area contributed by atoms with Gasteiger partial charge in [0.2, 0.25) is 0 Å². The first-order valence-corrected chi connectivity index (χ1v) is 7.15. The standard InChI is InChI=1S/C12H13BrN4OS/c1-17(6-8-4-11(13)19-7-8)9-2-3-15-10(5-9)12(14)16-18/h2-5,7,18H,6H2,1H3,(H2,14,16). The molecule has 2 rings (SSSR count). The van der Waals surface area contributed by atoms with Gasteiger partial charge in [-0.05, 0) is 45.1 Å². The molecule has 0 amide bonds. The number of aromatic nitrogens is 1. The fourth-order valence-electron chi connectivity index (χ4n) is 1.64. The van der Waals surface area contributed by atoms with Crippen LogP contribution in [0.3, 0.4) is 0 Å². The zero-order valence-corrected chi connectivity index (χ0v) is 12.6. The maximum absolute atomic E-state index is 8.66. The Morgan fingerprint density at radius 2 is 2.37 bits per heavy atom. The smallest absolute Gasteiger partial charge is 0.188 e. The first-order valence-electron chi connectivity index (χ1n) is 5.48. The number of hydrogen-bond donors (Lipinski definition) is 2. The van der Waals surface area contributed by atoms with Crippen LogP contribution in [0.5, 0.6) is 0 Å². The van der Waals surface area contributed by atoms with Crippen LogP contribution in [0.1, 0.15) is 11.3 Å². The average molecular weight is 341 g/mol. The van der Waals surface area contributed by atoms with Crippen molar-refractivity contribution in [3.8, 4) is 0 Å². The Kier molecular flexibility index (Phi) is 4.39. The van der Waals surface area contributed by atoms with Crippen molar-refractivity contribution in [1.82, 2.24) is 4.98 Å². The van der Waals surface area contributed by atoms with E-state index in [0.29, 0.717) is 5.69 Å². The van der Waals surface area contributed by atoms with Crippen LogP contribution in [-0.2, 0) is 6.54 Å². The average Bonchev–Trinajstić information content (AvgIpc) is 2.83. The number of nitrogens with zero attached hydrogens (tertiary/aromatic N) is 3. The number of hydrogen-bond acceptors (Lipinski definition) is 5. The zero-order valence-electron chi connectivity index (χ0n) is 10.2. The summed E-state index contributed by atoms with van der Waals surface area (Å²) in [4.78, 5) is 6.13. The molecular weight excluding hydrogens is 328 g/mol. The van der Waals surface area contributed by atoms with Gasteiger partial charge >= 0.3 is 0 Å². The van der Waals surface area contributed by atoms with E-state index in [1.165, 1.54) is 5.56 Å². The van der Waals surface area contributed by atoms with E-state index >= 15 is 0 Å². The second kappa shape index (κ2) is 6.03. The number of halogens is 1. The van der Waals surface area contributed by atoms with Crippen LogP contribution in [0.25, 0.3) is 0 Å². The molecule has 0 fully saturated rings. The fourth-order valence-corrected chi connectivity index (χ4v) is 2.84. The topological polar surface area (TPSA) is 74.7 Å². The molecule has 0 saturated carbocycles. The number of thiophene rings is 1. The number of oxime groups is 1. The summed E-state index contributed by atoms with van der Waals surface area (Å²) in [7, 11) is 1.98. The minimum atomic E-state index is 0.00790. The molecule has 0 bridgehead atoms. The van der Waals surface area contributed by atoms with E-state index in [0.717, 1.165) is 16.0 Å². The van der Waals surface area contributed by atoms with E-state index < -0.39 is 0 Å². The number of anilines is 1. The van der Waals surface area contributed by atoms with Gasteiger partial charge in [-0.25, -0.2) is 0 Å². The summed E-state index contributed by atoms with van der Waals surface area (Å²) in [6.07, 6.45) is 1.64. The number of rotatable bonds is 4. The van der Waals surface area contributed by atoms with Gasteiger partial charge in [0.05, 0.1) is 3.79 Å². The summed E-state index contributed by atoms with van der Waals surface area (Å²) in [5.74, 6) is 0.00790. The SMILES string of the molecule is CN(Cc1csc(Br)c1)c1ccnc(C(N)=NO)c1. The van der Waals surface area contributed by atoms with Gasteiger partial charge in [-0.15, -0.1) is 11.3 Å². The van der Waals surface area contributed by atoms with Gasteiger partial charge in [-0.2, -0.15) is 0 Å². The molecule has 7 heteroatoms. The maximum atomic E-state index is 8.66. The van der Waals surface area contributed by atoms with Gasteiger partial charge in [-0.3, -0.25) is 4.98 Å². The van der Waals surface area contributed by atoms with Crippen molar-refractivity contribution in [2.45, 2.75) is 6.54 Å². The molecule has 19 heavy (non-hydrogen) atoms. The van der Waals surface area contributed by atoms with Crippen molar-refractivity contribution in [2.75, 3.05) is 11.9 Å². The van der Waals surface area contributed by atoms with Crippen LogP contribution in [0.15, 0.2) is 38.7 Å². The van der Waals surface area contributed by atoms with E-state index in [4.69, 9.17) is 10.9 Å². The van der Waals surface area contributed by atoms with E-state index in [1.54, 1.807) is 23.6 Å². The summed E-state index contributed by atoms with van der Waals surface area (Å²) in [6.45, 7) is 0.779. The summed E-state index contributed by atoms with van der Waals surface area (Å²) < 4.78 is 1.11. The number of pyridine rings is 1. The molecular formula is C12H13BrN4OS. The van der Waals surface area contributed by atoms with Crippen molar-refractivity contribution >= 4 is 38.8 Å². The van der Waals surface area contributed by atoms with Crippen molar-refractivity contribution in [3.05, 3.63) is 44.8 Å². The molecule has 0 aliphatic rings. The summed E-state index contributed by atoms with van der Waals surface area (Å²) >= 11 is 5.11. The largest absolute Gasteiger partial charge is 0.409 e. The third kappa shape index (κ3) is 3.45. The third-order valence-electron chi connectivity index (χ3n) is 2.60. The highest BCUT2D eigenvalue weighted by molar-refractivity contribution is 9.11. The quantitative estimate of drug-likeness (QED) is 0.388. The van der Waals surface area contributed by atoms with Gasteiger partial charge in [0.25, 0.3) is 0 Å². The summed E-state index contributed by atoms with van der Waals surface area (Å²) in [5.41, 5.74) is 8.17. The molecule has 0 aromatic carbocycles. The predicted octanol–water partition coefficient (Wildman–Crippen LogP) is 2.64. The first-order chi connectivity index (χ1) is 9.10. The van der Waals surface area contributed by atoms with Crippen LogP contribution in [-0.4, -0.2) is 23.1 Å². The van der Waals surface area contributed by atoms with Crippen LogP contribution in [0.4, 0.5) is 5.69 Å². The Bertz CT molecular complexity index is 599. The van der Waals surface area contributed by atoms with Crippen LogP contribution in [0.2, 0.25) is 0 Å². The van der Waals surface area contributed by atoms with Gasteiger partial charge < -0.3 is 15.8 Å². The molecule has 0 aliphatic carbocycles. The molecule has 2 aromatic rings. The molecule has 100 valence electrons. The van der Waals surface area contributed by atoms with E-state index in [1.807, 2.05) is 13.1 Å². The normalized spacial score (nSPS) is 11.6. The number of amidine groups is 1. The second-order valence-corrected chi connectivity index (χ2v) is 6.29. The van der Waals surface area contributed by atoms with Crippen LogP contribution >= 0.6 is 27.3 Å². The lowest BCUT2D eigenvalue weighted by atomic mass is 10.2. The van der Waals surface area contributed by atoms with Crippen molar-refractivity contribution < 1.29 is 5.21 Å². The second-order valence-electron chi connectivity index (χ2n) is 4.00. The van der Waals surface area contributed by atoms with Crippen LogP contribution < -0.4 is 10.6 Å². The lowest BCUT2D eigenvalue weighted by molar-refractivity contribution is 0.318. The fraction of sp³-hybridized carbons (Fsp3) is 0.167. The third-order valence-corrected chi connectivity index (χ3v) is 4.15. The zero-order chi connectivity index (χ0) is 13.8. The summed E-state index contributed by atoms with van der Waals surface area (Å²) in [6, 6.07) is 5.76. The molecule has 0 unspecified atom stereocenters. The van der Waals surface area contributed by atoms with E-state index in [9.17, 15) is 0 Å². The van der Waals surface area contributed by atoms with Gasteiger partial charge in [0.15, 0.2) is 5.84 Å². The van der Waals surface area contributed by atoms with Crippen molar-refractivity contribution in [2.24, 2.45) is 10.9 Å². The van der Waals surface area contributed by atoms with Crippen molar-refractivity contribution in [1.29, 1.82) is 0 Å². The highest BCUT2D eigenvalue weighted by atomic mass is 79.9. The van der Waals surface area contributed by atoms with Gasteiger partial charge in [-0.1, -0.05) is 5.16 Å². The molecule has 2 aromatic heterocycles. The molecule has 0 saturated heterocycles. The summed E-state index contributed by atoms with van der Waals surface area (Å²) in [5, 5.41) is 13.7. The van der Waals surface area contributed by atoms with Gasteiger partial charge in [0.1, 0.15) is 5.69 Å². The minimum absolute atomic E-state index is 0.00790. The Labute approximate surface area is 123 Å². The molecule has 0 atom stereocenters. The van der Waals surface area contributed by atoms with E-state index in [-0.39, 0.29) is 5.84 Å².